The Kier molecular flexibility index (Phi) is 3.59. The number of pyridine rings is 1. The van der Waals surface area contributed by atoms with Crippen LogP contribution in [0.2, 0.25) is 0 Å². The van der Waals surface area contributed by atoms with E-state index in [0.29, 0.717) is 18.7 Å². The lowest BCUT2D eigenvalue weighted by atomic mass is 10.1. The Balaban J connectivity index is 1.63. The molecule has 0 spiro atoms. The first-order valence-electron chi connectivity index (χ1n) is 7.87. The predicted molar refractivity (Wildman–Crippen MR) is 83.3 cm³/mol. The molecule has 1 aliphatic carbocycles. The highest BCUT2D eigenvalue weighted by molar-refractivity contribution is 6.05. The lowest BCUT2D eigenvalue weighted by Gasteiger charge is -2.20. The normalized spacial score (nSPS) is 18.1. The van der Waals surface area contributed by atoms with Crippen molar-refractivity contribution in [1.82, 2.24) is 15.0 Å². The Morgan fingerprint density at radius 1 is 1.04 bits per heavy atom. The molecule has 130 valence electrons. The highest BCUT2D eigenvalue weighted by Crippen LogP contribution is 2.44. The van der Waals surface area contributed by atoms with Crippen molar-refractivity contribution in [2.75, 3.05) is 22.9 Å². The van der Waals surface area contributed by atoms with E-state index in [1.54, 1.807) is 17.3 Å². The average Bonchev–Trinajstić information content (AvgIpc) is 3.37. The van der Waals surface area contributed by atoms with Crippen LogP contribution >= 0.6 is 0 Å². The van der Waals surface area contributed by atoms with Crippen molar-refractivity contribution >= 4 is 17.5 Å². The van der Waals surface area contributed by atoms with E-state index < -0.39 is 17.9 Å². The third kappa shape index (κ3) is 2.90. The number of rotatable bonds is 3. The van der Waals surface area contributed by atoms with E-state index in [2.05, 4.69) is 15.0 Å². The summed E-state index contributed by atoms with van der Waals surface area (Å²) in [5.41, 5.74) is 0.661. The fourth-order valence-electron chi connectivity index (χ4n) is 2.96. The van der Waals surface area contributed by atoms with E-state index in [0.717, 1.165) is 24.1 Å². The number of halogens is 3. The first-order chi connectivity index (χ1) is 11.9. The molecule has 0 atom stereocenters. The Labute approximate surface area is 141 Å². The van der Waals surface area contributed by atoms with Crippen LogP contribution in [0.15, 0.2) is 30.9 Å². The van der Waals surface area contributed by atoms with Crippen molar-refractivity contribution in [3.8, 4) is 0 Å². The summed E-state index contributed by atoms with van der Waals surface area (Å²) in [7, 11) is 0. The Bertz CT molecular complexity index is 821. The van der Waals surface area contributed by atoms with E-state index in [9.17, 15) is 18.0 Å². The van der Waals surface area contributed by atoms with Gasteiger partial charge in [0.05, 0.1) is 24.3 Å². The monoisotopic (exact) mass is 349 g/mol. The van der Waals surface area contributed by atoms with Crippen molar-refractivity contribution in [3.63, 3.8) is 0 Å². The molecule has 1 saturated carbocycles. The molecule has 0 aromatic carbocycles. The van der Waals surface area contributed by atoms with Gasteiger partial charge in [-0.05, 0) is 30.4 Å². The van der Waals surface area contributed by atoms with Crippen LogP contribution in [0, 0.1) is 0 Å². The fourth-order valence-corrected chi connectivity index (χ4v) is 2.96. The third-order valence-electron chi connectivity index (χ3n) is 4.34. The van der Waals surface area contributed by atoms with Gasteiger partial charge in [-0.25, -0.2) is 9.78 Å². The van der Waals surface area contributed by atoms with Gasteiger partial charge in [0.1, 0.15) is 0 Å². The smallest absolute Gasteiger partial charge is 0.290 e. The summed E-state index contributed by atoms with van der Waals surface area (Å²) in [6, 6.07) is 1.48. The highest BCUT2D eigenvalue weighted by atomic mass is 19.4. The number of nitrogens with zero attached hydrogens (tertiary/aromatic N) is 5. The number of hydrogen-bond acceptors (Lipinski definition) is 4. The predicted octanol–water partition coefficient (Wildman–Crippen LogP) is 3.21. The van der Waals surface area contributed by atoms with Crippen LogP contribution in [0.1, 0.15) is 30.0 Å². The number of carbonyl (C=O) groups excluding carboxylic acids is 1. The molecular weight excluding hydrogens is 335 g/mol. The van der Waals surface area contributed by atoms with Crippen molar-refractivity contribution < 1.29 is 18.0 Å². The average molecular weight is 349 g/mol. The molecule has 25 heavy (non-hydrogen) atoms. The number of aromatic nitrogens is 3. The molecule has 1 aliphatic heterocycles. The largest absolute Gasteiger partial charge is 0.434 e. The number of amides is 2. The minimum atomic E-state index is -4.60. The van der Waals surface area contributed by atoms with Gasteiger partial charge in [-0.2, -0.15) is 13.2 Å². The summed E-state index contributed by atoms with van der Waals surface area (Å²) < 4.78 is 38.5. The molecule has 0 N–H and O–H groups in total. The fraction of sp³-hybridized carbons (Fsp3) is 0.375. The van der Waals surface area contributed by atoms with Gasteiger partial charge in [0.15, 0.2) is 11.5 Å². The second kappa shape index (κ2) is 5.68. The lowest BCUT2D eigenvalue weighted by molar-refractivity contribution is -0.141. The third-order valence-corrected chi connectivity index (χ3v) is 4.34. The van der Waals surface area contributed by atoms with Crippen LogP contribution in [0.4, 0.5) is 29.5 Å². The molecule has 2 aromatic heterocycles. The van der Waals surface area contributed by atoms with E-state index in [1.165, 1.54) is 11.1 Å². The number of urea groups is 1. The molecule has 3 heterocycles. The zero-order valence-electron chi connectivity index (χ0n) is 13.1. The van der Waals surface area contributed by atoms with E-state index in [1.807, 2.05) is 6.07 Å². The molecule has 2 amide bonds. The lowest BCUT2D eigenvalue weighted by Crippen LogP contribution is -2.33. The quantitative estimate of drug-likeness (QED) is 0.854. The first-order valence-corrected chi connectivity index (χ1v) is 7.87. The summed E-state index contributed by atoms with van der Waals surface area (Å²) in [6.07, 6.45) is 2.67. The van der Waals surface area contributed by atoms with Gasteiger partial charge in [-0.3, -0.25) is 19.8 Å². The van der Waals surface area contributed by atoms with Crippen molar-refractivity contribution in [3.05, 3.63) is 42.1 Å². The van der Waals surface area contributed by atoms with Crippen molar-refractivity contribution in [1.29, 1.82) is 0 Å². The van der Waals surface area contributed by atoms with Crippen LogP contribution in [0.5, 0.6) is 0 Å². The van der Waals surface area contributed by atoms with E-state index in [-0.39, 0.29) is 12.4 Å². The molecule has 4 rings (SSSR count). The Morgan fingerprint density at radius 2 is 1.80 bits per heavy atom. The Morgan fingerprint density at radius 3 is 2.52 bits per heavy atom. The van der Waals surface area contributed by atoms with Crippen LogP contribution in [-0.2, 0) is 6.18 Å². The second-order valence-electron chi connectivity index (χ2n) is 6.05. The Hall–Kier alpha value is -2.71. The number of alkyl halides is 3. The molecule has 0 radical (unpaired) electrons. The summed E-state index contributed by atoms with van der Waals surface area (Å²) >= 11 is 0. The summed E-state index contributed by atoms with van der Waals surface area (Å²) in [4.78, 5) is 26.7. The van der Waals surface area contributed by atoms with Gasteiger partial charge in [-0.1, -0.05) is 0 Å². The highest BCUT2D eigenvalue weighted by Gasteiger charge is 2.38. The molecule has 2 aromatic rings. The van der Waals surface area contributed by atoms with Crippen LogP contribution in [0.25, 0.3) is 0 Å². The topological polar surface area (TPSA) is 62.2 Å². The van der Waals surface area contributed by atoms with Gasteiger partial charge < -0.3 is 0 Å². The van der Waals surface area contributed by atoms with Gasteiger partial charge in [-0.15, -0.1) is 0 Å². The minimum Gasteiger partial charge on any atom is -0.290 e. The van der Waals surface area contributed by atoms with Crippen LogP contribution < -0.4 is 9.80 Å². The van der Waals surface area contributed by atoms with Gasteiger partial charge in [0, 0.05) is 19.3 Å². The summed E-state index contributed by atoms with van der Waals surface area (Å²) in [5, 5.41) is 0. The zero-order valence-corrected chi connectivity index (χ0v) is 13.1. The standard InChI is InChI=1S/C16H14F3N5O/c17-16(18,19)13-8-21-9-14(22-13)24-6-5-23(15(24)25)12-7-20-4-3-11(12)10-1-2-10/h3-4,7-10H,1-2,5-6H2. The maximum Gasteiger partial charge on any atom is 0.434 e. The molecular formula is C16H14F3N5O. The first kappa shape index (κ1) is 15.8. The molecule has 2 fully saturated rings. The maximum atomic E-state index is 12.8. The van der Waals surface area contributed by atoms with Crippen molar-refractivity contribution in [2.45, 2.75) is 24.9 Å². The SMILES string of the molecule is O=C1N(c2cncc(C(F)(F)F)n2)CCN1c1cnccc1C1CC1. The van der Waals surface area contributed by atoms with Gasteiger partial charge >= 0.3 is 12.2 Å². The summed E-state index contributed by atoms with van der Waals surface area (Å²) in [6.45, 7) is 0.607. The molecule has 0 unspecified atom stereocenters. The summed E-state index contributed by atoms with van der Waals surface area (Å²) in [5.74, 6) is 0.326. The van der Waals surface area contributed by atoms with Crippen LogP contribution in [-0.4, -0.2) is 34.1 Å². The van der Waals surface area contributed by atoms with Gasteiger partial charge in [0.2, 0.25) is 0 Å². The molecule has 9 heteroatoms. The molecule has 6 nitrogen and oxygen atoms in total. The number of anilines is 2. The van der Waals surface area contributed by atoms with E-state index >= 15 is 0 Å². The second-order valence-corrected chi connectivity index (χ2v) is 6.05. The minimum absolute atomic E-state index is 0.0980. The van der Waals surface area contributed by atoms with E-state index in [4.69, 9.17) is 0 Å². The molecule has 0 bridgehead atoms. The molecule has 1 saturated heterocycles. The van der Waals surface area contributed by atoms with Gasteiger partial charge in [0.25, 0.3) is 0 Å². The van der Waals surface area contributed by atoms with Crippen LogP contribution in [0.3, 0.4) is 0 Å². The van der Waals surface area contributed by atoms with Crippen molar-refractivity contribution in [2.24, 2.45) is 0 Å². The number of carbonyl (C=O) groups is 1. The maximum absolute atomic E-state index is 12.8. The molecule has 2 aliphatic rings. The zero-order chi connectivity index (χ0) is 17.6. The number of hydrogen-bond donors (Lipinski definition) is 0.